The van der Waals surface area contributed by atoms with Crippen molar-refractivity contribution in [1.82, 2.24) is 4.90 Å². The number of amidine groups is 1. The molecule has 0 atom stereocenters. The van der Waals surface area contributed by atoms with Gasteiger partial charge in [0.1, 0.15) is 6.61 Å². The van der Waals surface area contributed by atoms with Gasteiger partial charge in [0.2, 0.25) is 0 Å². The zero-order valence-corrected chi connectivity index (χ0v) is 7.07. The highest BCUT2D eigenvalue weighted by Gasteiger charge is 2.22. The lowest BCUT2D eigenvalue weighted by Gasteiger charge is -2.29. The molecule has 1 fully saturated rings. The predicted molar refractivity (Wildman–Crippen MR) is 45.1 cm³/mol. The fourth-order valence-electron chi connectivity index (χ4n) is 1.57. The van der Waals surface area contributed by atoms with Crippen molar-refractivity contribution >= 4 is 6.02 Å². The molecule has 0 aliphatic carbocycles. The Kier molecular flexibility index (Phi) is 2.17. The van der Waals surface area contributed by atoms with Crippen LogP contribution in [-0.4, -0.2) is 48.4 Å². The van der Waals surface area contributed by atoms with E-state index in [0.717, 1.165) is 38.5 Å². The maximum absolute atomic E-state index is 9.26. The highest BCUT2D eigenvalue weighted by Crippen LogP contribution is 2.12. The van der Waals surface area contributed by atoms with E-state index < -0.39 is 0 Å². The third kappa shape index (κ3) is 1.53. The molecular formula is C8H14N2O2. The standard InChI is InChI=1S/C8H14N2O2/c11-7-1-4-10(5-2-7)8-9-3-6-12-8/h7,11H,1-6H2. The van der Waals surface area contributed by atoms with E-state index in [1.54, 1.807) is 0 Å². The second-order valence-corrected chi connectivity index (χ2v) is 3.23. The highest BCUT2D eigenvalue weighted by atomic mass is 16.5. The fraction of sp³-hybridized carbons (Fsp3) is 0.875. The van der Waals surface area contributed by atoms with E-state index in [4.69, 9.17) is 4.74 Å². The molecule has 0 bridgehead atoms. The van der Waals surface area contributed by atoms with Gasteiger partial charge in [-0.25, -0.2) is 4.99 Å². The Bertz CT molecular complexity index is 185. The van der Waals surface area contributed by atoms with Gasteiger partial charge in [0.15, 0.2) is 0 Å². The monoisotopic (exact) mass is 170 g/mol. The molecule has 0 amide bonds. The van der Waals surface area contributed by atoms with E-state index in [9.17, 15) is 5.11 Å². The summed E-state index contributed by atoms with van der Waals surface area (Å²) in [5.41, 5.74) is 0. The summed E-state index contributed by atoms with van der Waals surface area (Å²) < 4.78 is 5.32. The van der Waals surface area contributed by atoms with Gasteiger partial charge in [0.05, 0.1) is 12.6 Å². The first-order valence-corrected chi connectivity index (χ1v) is 4.46. The Morgan fingerprint density at radius 2 is 2.17 bits per heavy atom. The first-order chi connectivity index (χ1) is 5.86. The number of ether oxygens (including phenoxy) is 1. The lowest BCUT2D eigenvalue weighted by Crippen LogP contribution is -2.40. The zero-order valence-electron chi connectivity index (χ0n) is 7.07. The summed E-state index contributed by atoms with van der Waals surface area (Å²) in [5.74, 6) is 0. The summed E-state index contributed by atoms with van der Waals surface area (Å²) >= 11 is 0. The van der Waals surface area contributed by atoms with E-state index >= 15 is 0 Å². The van der Waals surface area contributed by atoms with Crippen LogP contribution >= 0.6 is 0 Å². The average Bonchev–Trinajstić information content (AvgIpc) is 2.58. The minimum atomic E-state index is -0.122. The number of aliphatic hydroxyl groups excluding tert-OH is 1. The number of rotatable bonds is 0. The van der Waals surface area contributed by atoms with Crippen LogP contribution in [0, 0.1) is 0 Å². The molecule has 2 aliphatic rings. The summed E-state index contributed by atoms with van der Waals surface area (Å²) in [4.78, 5) is 6.33. The highest BCUT2D eigenvalue weighted by molar-refractivity contribution is 5.75. The number of hydrogen-bond donors (Lipinski definition) is 1. The van der Waals surface area contributed by atoms with Crippen LogP contribution < -0.4 is 0 Å². The Morgan fingerprint density at radius 3 is 2.75 bits per heavy atom. The number of piperidine rings is 1. The van der Waals surface area contributed by atoms with Crippen LogP contribution in [0.4, 0.5) is 0 Å². The van der Waals surface area contributed by atoms with Crippen molar-refractivity contribution in [2.45, 2.75) is 18.9 Å². The minimum Gasteiger partial charge on any atom is -0.463 e. The smallest absolute Gasteiger partial charge is 0.287 e. The van der Waals surface area contributed by atoms with Gasteiger partial charge >= 0.3 is 0 Å². The van der Waals surface area contributed by atoms with Crippen LogP contribution in [0.3, 0.4) is 0 Å². The van der Waals surface area contributed by atoms with Gasteiger partial charge in [-0.3, -0.25) is 0 Å². The average molecular weight is 170 g/mol. The first kappa shape index (κ1) is 7.86. The molecule has 2 aliphatic heterocycles. The van der Waals surface area contributed by atoms with Gasteiger partial charge in [-0.2, -0.15) is 0 Å². The maximum atomic E-state index is 9.26. The van der Waals surface area contributed by atoms with Gasteiger partial charge < -0.3 is 14.7 Å². The van der Waals surface area contributed by atoms with Crippen LogP contribution in [0.5, 0.6) is 0 Å². The maximum Gasteiger partial charge on any atom is 0.287 e. The lowest BCUT2D eigenvalue weighted by atomic mass is 10.1. The van der Waals surface area contributed by atoms with Gasteiger partial charge in [0, 0.05) is 13.1 Å². The first-order valence-electron chi connectivity index (χ1n) is 4.46. The van der Waals surface area contributed by atoms with Crippen molar-refractivity contribution in [2.75, 3.05) is 26.2 Å². The quantitative estimate of drug-likeness (QED) is 0.549. The summed E-state index contributed by atoms with van der Waals surface area (Å²) in [5, 5.41) is 9.26. The summed E-state index contributed by atoms with van der Waals surface area (Å²) in [6, 6.07) is 0.780. The number of likely N-dealkylation sites (tertiary alicyclic amines) is 1. The van der Waals surface area contributed by atoms with Crippen molar-refractivity contribution < 1.29 is 9.84 Å². The second kappa shape index (κ2) is 3.31. The van der Waals surface area contributed by atoms with E-state index in [1.165, 1.54) is 0 Å². The molecule has 68 valence electrons. The zero-order chi connectivity index (χ0) is 8.39. The summed E-state index contributed by atoms with van der Waals surface area (Å²) in [7, 11) is 0. The number of aliphatic imine (C=N–C) groups is 1. The van der Waals surface area contributed by atoms with Gasteiger partial charge in [-0.05, 0) is 12.8 Å². The van der Waals surface area contributed by atoms with Gasteiger partial charge in [0.25, 0.3) is 6.02 Å². The molecule has 4 nitrogen and oxygen atoms in total. The molecule has 0 aromatic heterocycles. The molecule has 2 rings (SSSR count). The summed E-state index contributed by atoms with van der Waals surface area (Å²) in [6.07, 6.45) is 1.55. The van der Waals surface area contributed by atoms with Gasteiger partial charge in [-0.15, -0.1) is 0 Å². The molecular weight excluding hydrogens is 156 g/mol. The molecule has 12 heavy (non-hydrogen) atoms. The van der Waals surface area contributed by atoms with Crippen molar-refractivity contribution in [3.63, 3.8) is 0 Å². The van der Waals surface area contributed by atoms with E-state index in [2.05, 4.69) is 9.89 Å². The minimum absolute atomic E-state index is 0.122. The molecule has 2 heterocycles. The van der Waals surface area contributed by atoms with Crippen molar-refractivity contribution in [3.05, 3.63) is 0 Å². The molecule has 4 heteroatoms. The molecule has 0 radical (unpaired) electrons. The molecule has 0 aromatic carbocycles. The molecule has 1 N–H and O–H groups in total. The summed E-state index contributed by atoms with van der Waals surface area (Å²) in [6.45, 7) is 3.25. The Hall–Kier alpha value is -0.770. The SMILES string of the molecule is OC1CCN(C2=NCCO2)CC1. The van der Waals surface area contributed by atoms with Crippen LogP contribution in [0.2, 0.25) is 0 Å². The Morgan fingerprint density at radius 1 is 1.42 bits per heavy atom. The second-order valence-electron chi connectivity index (χ2n) is 3.23. The fourth-order valence-corrected chi connectivity index (χ4v) is 1.57. The van der Waals surface area contributed by atoms with Crippen molar-refractivity contribution in [3.8, 4) is 0 Å². The molecule has 0 spiro atoms. The molecule has 0 saturated carbocycles. The van der Waals surface area contributed by atoms with Crippen LogP contribution in [0.25, 0.3) is 0 Å². The van der Waals surface area contributed by atoms with Crippen molar-refractivity contribution in [2.24, 2.45) is 4.99 Å². The van der Waals surface area contributed by atoms with Crippen molar-refractivity contribution in [1.29, 1.82) is 0 Å². The normalized spacial score (nSPS) is 25.4. The van der Waals surface area contributed by atoms with Crippen LogP contribution in [-0.2, 0) is 4.74 Å². The van der Waals surface area contributed by atoms with E-state index in [0.29, 0.717) is 6.61 Å². The van der Waals surface area contributed by atoms with Crippen LogP contribution in [0.1, 0.15) is 12.8 Å². The van der Waals surface area contributed by atoms with E-state index in [-0.39, 0.29) is 6.10 Å². The number of nitrogens with zero attached hydrogens (tertiary/aromatic N) is 2. The molecule has 0 aromatic rings. The number of aliphatic hydroxyl groups is 1. The predicted octanol–water partition coefficient (Wildman–Crippen LogP) is -0.171. The molecule has 0 unspecified atom stereocenters. The lowest BCUT2D eigenvalue weighted by molar-refractivity contribution is 0.0993. The third-order valence-electron chi connectivity index (χ3n) is 2.30. The largest absolute Gasteiger partial charge is 0.463 e. The van der Waals surface area contributed by atoms with Crippen LogP contribution in [0.15, 0.2) is 4.99 Å². The Labute approximate surface area is 71.8 Å². The molecule has 1 saturated heterocycles. The number of hydrogen-bond acceptors (Lipinski definition) is 4. The van der Waals surface area contributed by atoms with E-state index in [1.807, 2.05) is 0 Å². The third-order valence-corrected chi connectivity index (χ3v) is 2.30. The van der Waals surface area contributed by atoms with Gasteiger partial charge in [-0.1, -0.05) is 0 Å². The topological polar surface area (TPSA) is 45.1 Å². The Balaban J connectivity index is 1.88.